The minimum Gasteiger partial charge on any atom is -0.491 e. The lowest BCUT2D eigenvalue weighted by Gasteiger charge is -2.15. The predicted octanol–water partition coefficient (Wildman–Crippen LogP) is 3.61. The largest absolute Gasteiger partial charge is 0.491 e. The van der Waals surface area contributed by atoms with Crippen LogP contribution < -0.4 is 10.1 Å². The quantitative estimate of drug-likeness (QED) is 0.847. The Labute approximate surface area is 127 Å². The molecule has 0 aliphatic rings. The molecule has 0 saturated heterocycles. The Bertz CT molecular complexity index is 510. The minimum atomic E-state index is -0.568. The van der Waals surface area contributed by atoms with Crippen LogP contribution in [-0.2, 0) is 0 Å². The van der Waals surface area contributed by atoms with E-state index in [4.69, 9.17) is 4.74 Å². The van der Waals surface area contributed by atoms with Crippen LogP contribution in [0.3, 0.4) is 0 Å². The smallest absolute Gasteiger partial charge is 0.122 e. The Morgan fingerprint density at radius 1 is 1.15 bits per heavy atom. The van der Waals surface area contributed by atoms with Gasteiger partial charge in [-0.2, -0.15) is 0 Å². The van der Waals surface area contributed by atoms with Crippen LogP contribution in [-0.4, -0.2) is 24.4 Å². The minimum absolute atomic E-state index is 0.266. The molecule has 1 unspecified atom stereocenters. The number of aryl methyl sites for hydroxylation is 1. The van der Waals surface area contributed by atoms with Crippen LogP contribution in [0.4, 0.5) is 5.69 Å². The third kappa shape index (κ3) is 4.25. The lowest BCUT2D eigenvalue weighted by atomic mass is 10.2. The summed E-state index contributed by atoms with van der Waals surface area (Å²) < 4.78 is 6.59. The molecule has 0 bridgehead atoms. The number of aliphatic hydroxyl groups excluding tert-OH is 1. The molecule has 0 aliphatic carbocycles. The molecule has 2 aromatic rings. The van der Waals surface area contributed by atoms with E-state index in [1.807, 2.05) is 55.5 Å². The molecule has 0 aliphatic heterocycles. The van der Waals surface area contributed by atoms with Gasteiger partial charge in [-0.25, -0.2) is 0 Å². The average Bonchev–Trinajstić information content (AvgIpc) is 2.45. The third-order valence-electron chi connectivity index (χ3n) is 2.93. The Hall–Kier alpha value is -1.52. The first kappa shape index (κ1) is 14.9. The van der Waals surface area contributed by atoms with Crippen molar-refractivity contribution < 1.29 is 9.84 Å². The molecule has 2 aromatic carbocycles. The monoisotopic (exact) mass is 335 g/mol. The Balaban J connectivity index is 1.80. The van der Waals surface area contributed by atoms with Crippen molar-refractivity contribution in [1.82, 2.24) is 0 Å². The van der Waals surface area contributed by atoms with Gasteiger partial charge in [0, 0.05) is 16.7 Å². The second kappa shape index (κ2) is 7.31. The number of para-hydroxylation sites is 2. The Kier molecular flexibility index (Phi) is 5.44. The van der Waals surface area contributed by atoms with E-state index >= 15 is 0 Å². The number of halogens is 1. The summed E-state index contributed by atoms with van der Waals surface area (Å²) >= 11 is 3.46. The van der Waals surface area contributed by atoms with Crippen molar-refractivity contribution in [3.63, 3.8) is 0 Å². The fourth-order valence-corrected chi connectivity index (χ4v) is 2.22. The summed E-state index contributed by atoms with van der Waals surface area (Å²) in [6, 6.07) is 15.6. The van der Waals surface area contributed by atoms with Gasteiger partial charge >= 0.3 is 0 Å². The highest BCUT2D eigenvalue weighted by Gasteiger charge is 2.07. The topological polar surface area (TPSA) is 41.5 Å². The molecular formula is C16H18BrNO2. The van der Waals surface area contributed by atoms with Gasteiger partial charge in [-0.3, -0.25) is 0 Å². The number of aliphatic hydroxyl groups is 1. The molecule has 0 fully saturated rings. The number of hydrogen-bond donors (Lipinski definition) is 2. The molecule has 106 valence electrons. The van der Waals surface area contributed by atoms with Crippen molar-refractivity contribution >= 4 is 21.6 Å². The fourth-order valence-electron chi connectivity index (χ4n) is 1.80. The van der Waals surface area contributed by atoms with Crippen LogP contribution in [0.15, 0.2) is 53.0 Å². The van der Waals surface area contributed by atoms with E-state index in [0.717, 1.165) is 21.5 Å². The first-order chi connectivity index (χ1) is 9.66. The van der Waals surface area contributed by atoms with Crippen molar-refractivity contribution in [2.45, 2.75) is 13.0 Å². The highest BCUT2D eigenvalue weighted by Crippen LogP contribution is 2.21. The maximum atomic E-state index is 9.95. The summed E-state index contributed by atoms with van der Waals surface area (Å²) in [7, 11) is 0. The van der Waals surface area contributed by atoms with E-state index in [1.165, 1.54) is 0 Å². The van der Waals surface area contributed by atoms with Gasteiger partial charge in [0.2, 0.25) is 0 Å². The Morgan fingerprint density at radius 3 is 2.60 bits per heavy atom. The molecule has 0 aromatic heterocycles. The zero-order valence-corrected chi connectivity index (χ0v) is 12.9. The van der Waals surface area contributed by atoms with Gasteiger partial charge in [0.15, 0.2) is 0 Å². The molecule has 20 heavy (non-hydrogen) atoms. The van der Waals surface area contributed by atoms with Crippen molar-refractivity contribution in [2.24, 2.45) is 0 Å². The summed E-state index contributed by atoms with van der Waals surface area (Å²) in [6.07, 6.45) is -0.568. The van der Waals surface area contributed by atoms with Gasteiger partial charge < -0.3 is 15.2 Å². The molecule has 0 spiro atoms. The second-order valence-electron chi connectivity index (χ2n) is 4.59. The van der Waals surface area contributed by atoms with E-state index in [-0.39, 0.29) is 6.61 Å². The second-order valence-corrected chi connectivity index (χ2v) is 5.45. The molecule has 0 radical (unpaired) electrons. The van der Waals surface area contributed by atoms with Gasteiger partial charge in [0.25, 0.3) is 0 Å². The van der Waals surface area contributed by atoms with Gasteiger partial charge in [-0.05, 0) is 46.6 Å². The average molecular weight is 336 g/mol. The fraction of sp³-hybridized carbons (Fsp3) is 0.250. The molecule has 4 heteroatoms. The van der Waals surface area contributed by atoms with Crippen molar-refractivity contribution in [3.05, 3.63) is 58.6 Å². The number of hydrogen-bond acceptors (Lipinski definition) is 3. The van der Waals surface area contributed by atoms with E-state index < -0.39 is 6.10 Å². The summed E-state index contributed by atoms with van der Waals surface area (Å²) in [6.45, 7) is 2.69. The molecule has 3 nitrogen and oxygen atoms in total. The van der Waals surface area contributed by atoms with Gasteiger partial charge in [0.1, 0.15) is 18.5 Å². The van der Waals surface area contributed by atoms with Crippen LogP contribution in [0.2, 0.25) is 0 Å². The normalized spacial score (nSPS) is 11.9. The zero-order chi connectivity index (χ0) is 14.4. The van der Waals surface area contributed by atoms with E-state index in [1.54, 1.807) is 0 Å². The predicted molar refractivity (Wildman–Crippen MR) is 85.3 cm³/mol. The summed E-state index contributed by atoms with van der Waals surface area (Å²) in [5.41, 5.74) is 2.03. The lowest BCUT2D eigenvalue weighted by Crippen LogP contribution is -2.26. The van der Waals surface area contributed by atoms with Crippen LogP contribution in [0.5, 0.6) is 5.75 Å². The highest BCUT2D eigenvalue weighted by molar-refractivity contribution is 9.10. The lowest BCUT2D eigenvalue weighted by molar-refractivity contribution is 0.117. The first-order valence-electron chi connectivity index (χ1n) is 6.51. The molecule has 0 amide bonds. The zero-order valence-electron chi connectivity index (χ0n) is 11.3. The van der Waals surface area contributed by atoms with Crippen molar-refractivity contribution in [1.29, 1.82) is 0 Å². The molecule has 0 saturated carbocycles. The summed E-state index contributed by atoms with van der Waals surface area (Å²) in [4.78, 5) is 0. The van der Waals surface area contributed by atoms with Gasteiger partial charge in [0.05, 0.1) is 0 Å². The van der Waals surface area contributed by atoms with Gasteiger partial charge in [-0.15, -0.1) is 0 Å². The summed E-state index contributed by atoms with van der Waals surface area (Å²) in [5, 5.41) is 13.1. The standard InChI is InChI=1S/C16H18BrNO2/c1-12-6-2-5-9-16(12)20-11-13(19)10-18-15-8-4-3-7-14(15)17/h2-9,13,18-19H,10-11H2,1H3. The molecule has 2 N–H and O–H groups in total. The van der Waals surface area contributed by atoms with Crippen molar-refractivity contribution in [3.8, 4) is 5.75 Å². The molecule has 2 rings (SSSR count). The van der Waals surface area contributed by atoms with Gasteiger partial charge in [-0.1, -0.05) is 30.3 Å². The number of nitrogens with one attached hydrogen (secondary N) is 1. The van der Waals surface area contributed by atoms with Crippen LogP contribution in [0, 0.1) is 6.92 Å². The van der Waals surface area contributed by atoms with E-state index in [0.29, 0.717) is 6.54 Å². The van der Waals surface area contributed by atoms with Crippen LogP contribution in [0.25, 0.3) is 0 Å². The first-order valence-corrected chi connectivity index (χ1v) is 7.31. The molecule has 1 atom stereocenters. The van der Waals surface area contributed by atoms with E-state index in [9.17, 15) is 5.11 Å². The van der Waals surface area contributed by atoms with Crippen molar-refractivity contribution in [2.75, 3.05) is 18.5 Å². The summed E-state index contributed by atoms with van der Waals surface area (Å²) in [5.74, 6) is 0.812. The number of benzene rings is 2. The number of rotatable bonds is 6. The Morgan fingerprint density at radius 2 is 1.85 bits per heavy atom. The van der Waals surface area contributed by atoms with Crippen LogP contribution in [0.1, 0.15) is 5.56 Å². The SMILES string of the molecule is Cc1ccccc1OCC(O)CNc1ccccc1Br. The highest BCUT2D eigenvalue weighted by atomic mass is 79.9. The number of ether oxygens (including phenoxy) is 1. The molecule has 0 heterocycles. The van der Waals surface area contributed by atoms with E-state index in [2.05, 4.69) is 21.2 Å². The maximum absolute atomic E-state index is 9.95. The maximum Gasteiger partial charge on any atom is 0.122 e. The van der Waals surface area contributed by atoms with Crippen LogP contribution >= 0.6 is 15.9 Å². The number of anilines is 1. The third-order valence-corrected chi connectivity index (χ3v) is 3.62. The molecular weight excluding hydrogens is 318 g/mol.